The van der Waals surface area contributed by atoms with Crippen molar-refractivity contribution in [2.24, 2.45) is 5.10 Å². The summed E-state index contributed by atoms with van der Waals surface area (Å²) in [6.07, 6.45) is 7.08. The van der Waals surface area contributed by atoms with Gasteiger partial charge in [0.1, 0.15) is 11.5 Å². The summed E-state index contributed by atoms with van der Waals surface area (Å²) in [4.78, 5) is 14.1. The largest absolute Gasteiger partial charge is 0.508 e. The Kier molecular flexibility index (Phi) is 4.62. The minimum Gasteiger partial charge on any atom is -0.508 e. The van der Waals surface area contributed by atoms with Crippen LogP contribution in [0.25, 0.3) is 0 Å². The molecule has 1 aromatic carbocycles. The lowest BCUT2D eigenvalue weighted by atomic mass is 10.1. The Bertz CT molecular complexity index is 729. The molecule has 1 heterocycles. The van der Waals surface area contributed by atoms with Gasteiger partial charge in [0.05, 0.1) is 11.1 Å². The van der Waals surface area contributed by atoms with Crippen molar-refractivity contribution in [2.45, 2.75) is 32.1 Å². The number of nitrogens with one attached hydrogen (secondary N) is 1. The smallest absolute Gasteiger partial charge is 0.281 e. The second-order valence-electron chi connectivity index (χ2n) is 5.56. The molecule has 1 aromatic heterocycles. The number of carbonyl (C=O) groups is 1. The van der Waals surface area contributed by atoms with Crippen LogP contribution in [0.4, 0.5) is 0 Å². The molecule has 0 bridgehead atoms. The first-order valence-corrected chi connectivity index (χ1v) is 8.42. The van der Waals surface area contributed by atoms with Gasteiger partial charge in [0.15, 0.2) is 0 Å². The van der Waals surface area contributed by atoms with E-state index in [-0.39, 0.29) is 17.4 Å². The number of aryl methyl sites for hydroxylation is 2. The lowest BCUT2D eigenvalue weighted by Crippen LogP contribution is -2.16. The topological polar surface area (TPSA) is 81.9 Å². The molecular weight excluding hydrogens is 312 g/mol. The number of nitrogens with zero attached hydrogens (tertiary/aromatic N) is 1. The maximum atomic E-state index is 12.2. The van der Waals surface area contributed by atoms with E-state index in [2.05, 4.69) is 10.5 Å². The molecule has 0 aliphatic heterocycles. The highest BCUT2D eigenvalue weighted by molar-refractivity contribution is 7.14. The number of hydrogen-bond acceptors (Lipinski definition) is 5. The lowest BCUT2D eigenvalue weighted by Gasteiger charge is -2.00. The Hall–Kier alpha value is -2.34. The highest BCUT2D eigenvalue weighted by atomic mass is 32.1. The van der Waals surface area contributed by atoms with Gasteiger partial charge in [-0.15, -0.1) is 11.3 Å². The number of fused-ring (bicyclic) bond motifs is 1. The maximum Gasteiger partial charge on any atom is 0.281 e. The normalized spacial score (nSPS) is 14.4. The zero-order chi connectivity index (χ0) is 16.2. The fourth-order valence-electron chi connectivity index (χ4n) is 2.64. The van der Waals surface area contributed by atoms with Crippen LogP contribution in [0, 0.1) is 0 Å². The van der Waals surface area contributed by atoms with E-state index in [0.29, 0.717) is 10.4 Å². The van der Waals surface area contributed by atoms with Crippen LogP contribution in [0.1, 0.15) is 44.9 Å². The third-order valence-corrected chi connectivity index (χ3v) is 5.09. The molecule has 0 unspecified atom stereocenters. The van der Waals surface area contributed by atoms with E-state index in [1.807, 2.05) is 6.07 Å². The van der Waals surface area contributed by atoms with Crippen molar-refractivity contribution in [3.8, 4) is 11.5 Å². The van der Waals surface area contributed by atoms with Gasteiger partial charge in [-0.1, -0.05) is 6.42 Å². The van der Waals surface area contributed by atoms with E-state index in [0.717, 1.165) is 12.8 Å². The third kappa shape index (κ3) is 3.71. The molecule has 1 aliphatic carbocycles. The van der Waals surface area contributed by atoms with E-state index in [4.69, 9.17) is 0 Å². The summed E-state index contributed by atoms with van der Waals surface area (Å²) in [6, 6.07) is 6.15. The molecule has 0 saturated carbocycles. The van der Waals surface area contributed by atoms with Crippen molar-refractivity contribution in [2.75, 3.05) is 0 Å². The van der Waals surface area contributed by atoms with Gasteiger partial charge in [-0.25, -0.2) is 5.43 Å². The van der Waals surface area contributed by atoms with Crippen molar-refractivity contribution in [3.05, 3.63) is 45.1 Å². The molecule has 6 heteroatoms. The summed E-state index contributed by atoms with van der Waals surface area (Å²) in [7, 11) is 0. The molecule has 2 aromatic rings. The Labute approximate surface area is 138 Å². The molecule has 0 fully saturated rings. The number of benzene rings is 1. The molecule has 0 atom stereocenters. The fourth-order valence-corrected chi connectivity index (χ4v) is 3.78. The van der Waals surface area contributed by atoms with E-state index < -0.39 is 0 Å². The quantitative estimate of drug-likeness (QED) is 0.459. The van der Waals surface area contributed by atoms with Gasteiger partial charge in [-0.3, -0.25) is 4.79 Å². The van der Waals surface area contributed by atoms with Crippen molar-refractivity contribution in [1.82, 2.24) is 5.43 Å². The molecule has 0 spiro atoms. The number of hydrogen-bond donors (Lipinski definition) is 3. The predicted molar refractivity (Wildman–Crippen MR) is 90.4 cm³/mol. The number of phenols is 2. The van der Waals surface area contributed by atoms with Crippen LogP contribution in [0.2, 0.25) is 0 Å². The number of amides is 1. The molecule has 120 valence electrons. The third-order valence-electron chi connectivity index (χ3n) is 3.85. The monoisotopic (exact) mass is 330 g/mol. The zero-order valence-corrected chi connectivity index (χ0v) is 13.4. The van der Waals surface area contributed by atoms with Crippen molar-refractivity contribution in [1.29, 1.82) is 0 Å². The van der Waals surface area contributed by atoms with Gasteiger partial charge >= 0.3 is 0 Å². The highest BCUT2D eigenvalue weighted by Crippen LogP contribution is 2.29. The Morgan fingerprint density at radius 1 is 1.17 bits per heavy atom. The standard InChI is InChI=1S/C17H18N2O3S/c20-13-7-6-12(14(21)9-13)10-18-19-17(22)16-8-11-4-2-1-3-5-15(11)23-16/h6-10,20-21H,1-5H2,(H,19,22)/b18-10+. The average molecular weight is 330 g/mol. The number of thiophene rings is 1. The van der Waals surface area contributed by atoms with Crippen molar-refractivity contribution >= 4 is 23.5 Å². The molecule has 3 N–H and O–H groups in total. The van der Waals surface area contributed by atoms with E-state index in [9.17, 15) is 15.0 Å². The molecule has 1 aliphatic rings. The van der Waals surface area contributed by atoms with Crippen LogP contribution >= 0.6 is 11.3 Å². The lowest BCUT2D eigenvalue weighted by molar-refractivity contribution is 0.0959. The molecule has 0 radical (unpaired) electrons. The van der Waals surface area contributed by atoms with Gasteiger partial charge in [0.25, 0.3) is 5.91 Å². The first-order valence-electron chi connectivity index (χ1n) is 7.60. The van der Waals surface area contributed by atoms with Crippen LogP contribution in [0.3, 0.4) is 0 Å². The summed E-state index contributed by atoms with van der Waals surface area (Å²) in [5, 5.41) is 22.7. The van der Waals surface area contributed by atoms with Gasteiger partial charge in [0, 0.05) is 16.5 Å². The van der Waals surface area contributed by atoms with Crippen LogP contribution in [0.15, 0.2) is 29.4 Å². The minimum atomic E-state index is -0.238. The number of hydrazone groups is 1. The summed E-state index contributed by atoms with van der Waals surface area (Å²) in [6.45, 7) is 0. The molecule has 3 rings (SSSR count). The van der Waals surface area contributed by atoms with Crippen LogP contribution in [-0.4, -0.2) is 22.3 Å². The number of rotatable bonds is 3. The van der Waals surface area contributed by atoms with E-state index in [1.165, 1.54) is 65.5 Å². The summed E-state index contributed by atoms with van der Waals surface area (Å²) in [5.41, 5.74) is 4.19. The fraction of sp³-hybridized carbons (Fsp3) is 0.294. The van der Waals surface area contributed by atoms with Crippen LogP contribution < -0.4 is 5.43 Å². The molecule has 5 nitrogen and oxygen atoms in total. The molecule has 1 amide bonds. The molecule has 23 heavy (non-hydrogen) atoms. The Morgan fingerprint density at radius 2 is 2.00 bits per heavy atom. The second kappa shape index (κ2) is 6.83. The van der Waals surface area contributed by atoms with Crippen molar-refractivity contribution in [3.63, 3.8) is 0 Å². The SMILES string of the molecule is O=C(N/N=C/c1ccc(O)cc1O)c1cc2c(s1)CCCCC2. The average Bonchev–Trinajstić information content (AvgIpc) is 2.80. The van der Waals surface area contributed by atoms with Gasteiger partial charge in [-0.2, -0.15) is 5.10 Å². The van der Waals surface area contributed by atoms with Gasteiger partial charge in [-0.05, 0) is 49.4 Å². The summed E-state index contributed by atoms with van der Waals surface area (Å²) >= 11 is 1.54. The Balaban J connectivity index is 1.66. The highest BCUT2D eigenvalue weighted by Gasteiger charge is 2.16. The first kappa shape index (κ1) is 15.6. The number of carbonyl (C=O) groups excluding carboxylic acids is 1. The molecular formula is C17H18N2O3S. The van der Waals surface area contributed by atoms with Crippen LogP contribution in [-0.2, 0) is 12.8 Å². The van der Waals surface area contributed by atoms with Gasteiger partial charge < -0.3 is 10.2 Å². The predicted octanol–water partition coefficient (Wildman–Crippen LogP) is 3.19. The Morgan fingerprint density at radius 3 is 2.83 bits per heavy atom. The summed E-state index contributed by atoms with van der Waals surface area (Å²) in [5.74, 6) is -0.354. The zero-order valence-electron chi connectivity index (χ0n) is 12.6. The maximum absolute atomic E-state index is 12.2. The minimum absolute atomic E-state index is 0.0243. The van der Waals surface area contributed by atoms with E-state index in [1.54, 1.807) is 0 Å². The molecule has 0 saturated heterocycles. The first-order chi connectivity index (χ1) is 11.1. The second-order valence-corrected chi connectivity index (χ2v) is 6.70. The van der Waals surface area contributed by atoms with Gasteiger partial charge in [0.2, 0.25) is 0 Å². The number of aromatic hydroxyl groups is 2. The van der Waals surface area contributed by atoms with Crippen LogP contribution in [0.5, 0.6) is 11.5 Å². The number of phenolic OH excluding ortho intramolecular Hbond substituents is 2. The van der Waals surface area contributed by atoms with E-state index >= 15 is 0 Å². The van der Waals surface area contributed by atoms with Crippen molar-refractivity contribution < 1.29 is 15.0 Å². The summed E-state index contributed by atoms with van der Waals surface area (Å²) < 4.78 is 0.